The Balaban J connectivity index is 5.22. The first-order chi connectivity index (χ1) is 35.4. The lowest BCUT2D eigenvalue weighted by Gasteiger charge is -2.27. The molecule has 10 heteroatoms. The predicted molar refractivity (Wildman–Crippen MR) is 314 cm³/mol. The minimum Gasteiger partial charge on any atom is -0.456 e. The van der Waals surface area contributed by atoms with Crippen LogP contribution in [0.25, 0.3) is 0 Å². The van der Waals surface area contributed by atoms with Crippen molar-refractivity contribution in [2.24, 2.45) is 0 Å². The maximum Gasteiger partial charge on any atom is 0.472 e. The molecule has 0 aromatic rings. The fraction of sp³-hybridized carbons (Fsp3) is 0.873. The Hall–Kier alpha value is -1.77. The predicted octanol–water partition coefficient (Wildman–Crippen LogP) is 19.1. The Kier molecular flexibility index (Phi) is 52.3. The number of esters is 1. The van der Waals surface area contributed by atoms with Crippen molar-refractivity contribution in [3.05, 3.63) is 36.5 Å². The number of quaternary nitrogens is 1. The average Bonchev–Trinajstić information content (AvgIpc) is 3.35. The number of carbonyl (C=O) groups is 2. The fourth-order valence-corrected chi connectivity index (χ4v) is 9.90. The molecule has 0 spiro atoms. The number of ether oxygens (including phenoxy) is 1. The first kappa shape index (κ1) is 71.2. The van der Waals surface area contributed by atoms with E-state index in [4.69, 9.17) is 13.8 Å². The van der Waals surface area contributed by atoms with Crippen LogP contribution in [0.1, 0.15) is 303 Å². The Morgan fingerprint density at radius 3 is 1.18 bits per heavy atom. The van der Waals surface area contributed by atoms with Gasteiger partial charge in [0.05, 0.1) is 33.8 Å². The van der Waals surface area contributed by atoms with Gasteiger partial charge < -0.3 is 19.4 Å². The third-order valence-electron chi connectivity index (χ3n) is 14.1. The molecule has 0 heterocycles. The van der Waals surface area contributed by atoms with Gasteiger partial charge in [0.25, 0.3) is 0 Å². The molecule has 430 valence electrons. The molecule has 0 bridgehead atoms. The molecular formula is C63H122N2O7P+. The molecule has 0 fully saturated rings. The molecule has 9 nitrogen and oxygen atoms in total. The third-order valence-corrected chi connectivity index (χ3v) is 15.0. The molecule has 0 rings (SSSR count). The van der Waals surface area contributed by atoms with Gasteiger partial charge in [-0.25, -0.2) is 4.57 Å². The molecule has 0 saturated heterocycles. The van der Waals surface area contributed by atoms with Crippen LogP contribution in [0.5, 0.6) is 0 Å². The number of phosphoric acid groups is 1. The summed E-state index contributed by atoms with van der Waals surface area (Å²) in [5.74, 6) is -0.514. The number of carbonyl (C=O) groups excluding carboxylic acids is 2. The van der Waals surface area contributed by atoms with Gasteiger partial charge in [-0.2, -0.15) is 0 Å². The molecule has 2 N–H and O–H groups in total. The van der Waals surface area contributed by atoms with E-state index >= 15 is 0 Å². The van der Waals surface area contributed by atoms with Crippen molar-refractivity contribution < 1.29 is 37.3 Å². The van der Waals surface area contributed by atoms with Crippen LogP contribution in [0.4, 0.5) is 0 Å². The van der Waals surface area contributed by atoms with E-state index < -0.39 is 20.0 Å². The highest BCUT2D eigenvalue weighted by Crippen LogP contribution is 2.43. The quantitative estimate of drug-likeness (QED) is 0.0205. The second kappa shape index (κ2) is 53.6. The minimum absolute atomic E-state index is 0.0397. The monoisotopic (exact) mass is 1050 g/mol. The Morgan fingerprint density at radius 2 is 0.795 bits per heavy atom. The van der Waals surface area contributed by atoms with Crippen molar-refractivity contribution in [1.82, 2.24) is 5.32 Å². The van der Waals surface area contributed by atoms with E-state index in [0.29, 0.717) is 17.4 Å². The number of amides is 1. The van der Waals surface area contributed by atoms with E-state index in [0.717, 1.165) is 70.6 Å². The van der Waals surface area contributed by atoms with Gasteiger partial charge in [-0.1, -0.05) is 244 Å². The number of hydrogen-bond donors (Lipinski definition) is 2. The van der Waals surface area contributed by atoms with Crippen LogP contribution < -0.4 is 5.32 Å². The SMILES string of the molecule is CCCCCCCC/C=C\CCCCCC(=O)OC(/C=C\CCCCCCCCCCCCC)C(COP(=O)(O)OCC[N+](C)(C)C)NC(=O)CCCCCCCCCCCCC/C=C/CCCCCCCC. The number of allylic oxidation sites excluding steroid dienone is 5. The lowest BCUT2D eigenvalue weighted by molar-refractivity contribution is -0.870. The summed E-state index contributed by atoms with van der Waals surface area (Å²) < 4.78 is 30.7. The molecule has 0 aliphatic carbocycles. The number of nitrogens with one attached hydrogen (secondary N) is 1. The van der Waals surface area contributed by atoms with Crippen molar-refractivity contribution in [1.29, 1.82) is 0 Å². The van der Waals surface area contributed by atoms with Gasteiger partial charge in [-0.05, 0) is 83.1 Å². The molecule has 0 aromatic heterocycles. The molecule has 0 aliphatic rings. The molecule has 1 amide bonds. The van der Waals surface area contributed by atoms with E-state index in [1.807, 2.05) is 33.3 Å². The molecule has 0 saturated carbocycles. The summed E-state index contributed by atoms with van der Waals surface area (Å²) in [6.45, 7) is 7.02. The highest BCUT2D eigenvalue weighted by atomic mass is 31.2. The van der Waals surface area contributed by atoms with Gasteiger partial charge in [0.15, 0.2) is 0 Å². The molecule has 3 atom stereocenters. The normalized spacial score (nSPS) is 13.9. The van der Waals surface area contributed by atoms with E-state index in [1.54, 1.807) is 0 Å². The molecule has 73 heavy (non-hydrogen) atoms. The summed E-state index contributed by atoms with van der Waals surface area (Å²) in [5, 5.41) is 3.06. The van der Waals surface area contributed by atoms with Gasteiger partial charge in [-0.3, -0.25) is 18.6 Å². The first-order valence-corrected chi connectivity index (χ1v) is 32.8. The first-order valence-electron chi connectivity index (χ1n) is 31.3. The van der Waals surface area contributed by atoms with Crippen LogP contribution in [-0.4, -0.2) is 74.3 Å². The number of hydrogen-bond acceptors (Lipinski definition) is 6. The summed E-state index contributed by atoms with van der Waals surface area (Å²) >= 11 is 0. The van der Waals surface area contributed by atoms with E-state index in [1.165, 1.54) is 199 Å². The molecule has 0 aromatic carbocycles. The van der Waals surface area contributed by atoms with Crippen molar-refractivity contribution >= 4 is 19.7 Å². The van der Waals surface area contributed by atoms with E-state index in [9.17, 15) is 19.0 Å². The maximum absolute atomic E-state index is 13.5. The third kappa shape index (κ3) is 54.8. The zero-order chi connectivity index (χ0) is 53.6. The van der Waals surface area contributed by atoms with Crippen molar-refractivity contribution in [2.45, 2.75) is 315 Å². The maximum atomic E-state index is 13.5. The van der Waals surface area contributed by atoms with Crippen LogP contribution in [0.3, 0.4) is 0 Å². The molecule has 0 aliphatic heterocycles. The molecule has 3 unspecified atom stereocenters. The van der Waals surface area contributed by atoms with Crippen LogP contribution in [-0.2, 0) is 27.9 Å². The van der Waals surface area contributed by atoms with Crippen molar-refractivity contribution in [3.63, 3.8) is 0 Å². The van der Waals surface area contributed by atoms with Gasteiger partial charge in [0, 0.05) is 12.8 Å². The Labute approximate surface area is 453 Å². The van der Waals surface area contributed by atoms with Crippen LogP contribution in [0, 0.1) is 0 Å². The highest BCUT2D eigenvalue weighted by Gasteiger charge is 2.30. The molecule has 0 radical (unpaired) electrons. The van der Waals surface area contributed by atoms with Crippen LogP contribution in [0.15, 0.2) is 36.5 Å². The topological polar surface area (TPSA) is 111 Å². The Morgan fingerprint density at radius 1 is 0.466 bits per heavy atom. The lowest BCUT2D eigenvalue weighted by Crippen LogP contribution is -2.47. The number of phosphoric ester groups is 1. The summed E-state index contributed by atoms with van der Waals surface area (Å²) in [6, 6.07) is -0.851. The van der Waals surface area contributed by atoms with Crippen LogP contribution >= 0.6 is 7.82 Å². The smallest absolute Gasteiger partial charge is 0.456 e. The second-order valence-corrected chi connectivity index (χ2v) is 24.0. The van der Waals surface area contributed by atoms with Gasteiger partial charge in [0.1, 0.15) is 19.3 Å². The highest BCUT2D eigenvalue weighted by molar-refractivity contribution is 7.47. The fourth-order valence-electron chi connectivity index (χ4n) is 9.17. The zero-order valence-electron chi connectivity index (χ0n) is 49.1. The number of unbranched alkanes of at least 4 members (excludes halogenated alkanes) is 37. The van der Waals surface area contributed by atoms with Crippen LogP contribution in [0.2, 0.25) is 0 Å². The number of rotatable bonds is 57. The summed E-state index contributed by atoms with van der Waals surface area (Å²) in [4.78, 5) is 37.7. The summed E-state index contributed by atoms with van der Waals surface area (Å²) in [5.41, 5.74) is 0. The second-order valence-electron chi connectivity index (χ2n) is 22.6. The number of nitrogens with zero attached hydrogens (tertiary/aromatic N) is 1. The largest absolute Gasteiger partial charge is 0.472 e. The lowest BCUT2D eigenvalue weighted by atomic mass is 10.0. The summed E-state index contributed by atoms with van der Waals surface area (Å²) in [7, 11) is 1.50. The van der Waals surface area contributed by atoms with Crippen molar-refractivity contribution in [2.75, 3.05) is 40.9 Å². The molecular weight excluding hydrogens is 928 g/mol. The van der Waals surface area contributed by atoms with E-state index in [-0.39, 0.29) is 31.5 Å². The van der Waals surface area contributed by atoms with Crippen molar-refractivity contribution in [3.8, 4) is 0 Å². The number of likely N-dealkylation sites (N-methyl/N-ethyl adjacent to an activating group) is 1. The Bertz CT molecular complexity index is 1350. The minimum atomic E-state index is -4.45. The van der Waals surface area contributed by atoms with Gasteiger partial charge in [-0.15, -0.1) is 0 Å². The van der Waals surface area contributed by atoms with Gasteiger partial charge in [0.2, 0.25) is 5.91 Å². The van der Waals surface area contributed by atoms with Gasteiger partial charge >= 0.3 is 13.8 Å². The standard InChI is InChI=1S/C63H121N2O7P/c1-7-10-13-16-19-22-25-28-29-30-31-32-33-34-35-38-40-43-46-49-52-55-62(66)64-60(59-71-73(68,69)70-58-57-65(4,5)6)61(54-51-48-45-42-39-36-26-23-20-17-14-11-8-2)72-63(67)56-53-50-47-44-41-37-27-24-21-18-15-12-9-3/h28-29,37,41,51,54,60-61H,7-27,30-36,38-40,42-50,52-53,55-59H2,1-6H3,(H-,64,66,68,69)/p+1/b29-28+,41-37-,54-51-. The zero-order valence-corrected chi connectivity index (χ0v) is 50.0. The average molecular weight is 1050 g/mol. The van der Waals surface area contributed by atoms with E-state index in [2.05, 4.69) is 50.4 Å². The summed E-state index contributed by atoms with van der Waals surface area (Å²) in [6.07, 6.45) is 64.3.